The minimum absolute atomic E-state index is 0.114. The highest BCUT2D eigenvalue weighted by molar-refractivity contribution is 5.21. The van der Waals surface area contributed by atoms with Gasteiger partial charge in [0.1, 0.15) is 0 Å². The molecule has 0 aliphatic heterocycles. The van der Waals surface area contributed by atoms with Gasteiger partial charge in [0.25, 0.3) is 0 Å². The molecule has 0 N–H and O–H groups in total. The van der Waals surface area contributed by atoms with Crippen LogP contribution in [0.3, 0.4) is 0 Å². The van der Waals surface area contributed by atoms with Crippen LogP contribution < -0.4 is 0 Å². The lowest BCUT2D eigenvalue weighted by Gasteiger charge is -2.10. The Morgan fingerprint density at radius 2 is 2.00 bits per heavy atom. The number of allylic oxidation sites excluding steroid dienone is 3. The summed E-state index contributed by atoms with van der Waals surface area (Å²) in [5, 5.41) is 0. The summed E-state index contributed by atoms with van der Waals surface area (Å²) in [4.78, 5) is 0. The van der Waals surface area contributed by atoms with Gasteiger partial charge in [-0.1, -0.05) is 24.5 Å². The first-order valence-electron chi connectivity index (χ1n) is 4.17. The van der Waals surface area contributed by atoms with Crippen molar-refractivity contribution in [1.82, 2.24) is 0 Å². The fraction of sp³-hybridized carbons (Fsp3) is 0.455. The quantitative estimate of drug-likeness (QED) is 0.476. The zero-order valence-electron chi connectivity index (χ0n) is 8.25. The van der Waals surface area contributed by atoms with E-state index in [0.29, 0.717) is 0 Å². The number of ether oxygens (including phenoxy) is 2. The summed E-state index contributed by atoms with van der Waals surface area (Å²) in [7, 11) is 3.27. The third kappa shape index (κ3) is 7.32. The van der Waals surface area contributed by atoms with E-state index in [0.717, 1.165) is 12.8 Å². The molecule has 0 aliphatic rings. The van der Waals surface area contributed by atoms with Crippen LogP contribution in [0.25, 0.3) is 0 Å². The molecule has 0 heterocycles. The molecule has 0 saturated heterocycles. The van der Waals surface area contributed by atoms with Crippen LogP contribution in [0.4, 0.5) is 0 Å². The minimum Gasteiger partial charge on any atom is -0.356 e. The van der Waals surface area contributed by atoms with E-state index >= 15 is 0 Å². The molecule has 0 amide bonds. The molecule has 13 heavy (non-hydrogen) atoms. The van der Waals surface area contributed by atoms with Crippen molar-refractivity contribution < 1.29 is 9.47 Å². The maximum atomic E-state index is 5.02. The Bertz CT molecular complexity index is 204. The van der Waals surface area contributed by atoms with Gasteiger partial charge < -0.3 is 9.47 Å². The Kier molecular flexibility index (Phi) is 8.33. The molecule has 2 heteroatoms. The minimum atomic E-state index is -0.114. The van der Waals surface area contributed by atoms with Gasteiger partial charge in [0.2, 0.25) is 0 Å². The fourth-order valence-corrected chi connectivity index (χ4v) is 0.814. The average Bonchev–Trinajstić information content (AvgIpc) is 2.17. The van der Waals surface area contributed by atoms with Gasteiger partial charge in [-0.25, -0.2) is 0 Å². The van der Waals surface area contributed by atoms with E-state index in [1.54, 1.807) is 20.3 Å². The highest BCUT2D eigenvalue weighted by atomic mass is 16.7. The van der Waals surface area contributed by atoms with Crippen molar-refractivity contribution in [2.45, 2.75) is 19.1 Å². The molecule has 0 aromatic heterocycles. The SMILES string of the molecule is C=CC#C/C=C\CCC(OC)OC. The molecular formula is C11H16O2. The number of methoxy groups -OCH3 is 2. The van der Waals surface area contributed by atoms with Crippen molar-refractivity contribution in [3.63, 3.8) is 0 Å². The number of hydrogen-bond acceptors (Lipinski definition) is 2. The maximum absolute atomic E-state index is 5.02. The highest BCUT2D eigenvalue weighted by Gasteiger charge is 2.01. The maximum Gasteiger partial charge on any atom is 0.157 e. The van der Waals surface area contributed by atoms with Crippen molar-refractivity contribution in [2.75, 3.05) is 14.2 Å². The van der Waals surface area contributed by atoms with Crippen LogP contribution in [0.15, 0.2) is 24.8 Å². The third-order valence-corrected chi connectivity index (χ3v) is 1.48. The van der Waals surface area contributed by atoms with Crippen LogP contribution in [0, 0.1) is 11.8 Å². The summed E-state index contributed by atoms with van der Waals surface area (Å²) < 4.78 is 10.0. The summed E-state index contributed by atoms with van der Waals surface area (Å²) in [6.45, 7) is 3.49. The summed E-state index contributed by atoms with van der Waals surface area (Å²) in [5.41, 5.74) is 0. The van der Waals surface area contributed by atoms with Crippen LogP contribution in [-0.4, -0.2) is 20.5 Å². The summed E-state index contributed by atoms with van der Waals surface area (Å²) in [5.74, 6) is 5.54. The van der Waals surface area contributed by atoms with E-state index in [2.05, 4.69) is 18.4 Å². The second-order valence-electron chi connectivity index (χ2n) is 2.37. The van der Waals surface area contributed by atoms with Crippen molar-refractivity contribution in [1.29, 1.82) is 0 Å². The Hall–Kier alpha value is -1.04. The predicted molar refractivity (Wildman–Crippen MR) is 54.2 cm³/mol. The van der Waals surface area contributed by atoms with E-state index in [9.17, 15) is 0 Å². The first-order chi connectivity index (χ1) is 6.35. The molecule has 0 aromatic carbocycles. The molecule has 72 valence electrons. The second-order valence-corrected chi connectivity index (χ2v) is 2.37. The fourth-order valence-electron chi connectivity index (χ4n) is 0.814. The smallest absolute Gasteiger partial charge is 0.157 e. The average molecular weight is 180 g/mol. The molecular weight excluding hydrogens is 164 g/mol. The summed E-state index contributed by atoms with van der Waals surface area (Å²) >= 11 is 0. The predicted octanol–water partition coefficient (Wildman–Crippen LogP) is 2.13. The van der Waals surface area contributed by atoms with Gasteiger partial charge in [0.15, 0.2) is 6.29 Å². The molecule has 0 atom stereocenters. The van der Waals surface area contributed by atoms with Crippen molar-refractivity contribution in [3.8, 4) is 11.8 Å². The highest BCUT2D eigenvalue weighted by Crippen LogP contribution is 2.01. The van der Waals surface area contributed by atoms with Gasteiger partial charge in [-0.15, -0.1) is 0 Å². The van der Waals surface area contributed by atoms with E-state index < -0.39 is 0 Å². The Labute approximate surface area is 80.2 Å². The first-order valence-corrected chi connectivity index (χ1v) is 4.17. The van der Waals surface area contributed by atoms with Crippen molar-refractivity contribution >= 4 is 0 Å². The second kappa shape index (κ2) is 9.05. The largest absolute Gasteiger partial charge is 0.356 e. The van der Waals surface area contributed by atoms with Gasteiger partial charge in [-0.3, -0.25) is 0 Å². The molecule has 0 bridgehead atoms. The lowest BCUT2D eigenvalue weighted by molar-refractivity contribution is -0.105. The zero-order valence-corrected chi connectivity index (χ0v) is 8.25. The zero-order chi connectivity index (χ0) is 9.94. The van der Waals surface area contributed by atoms with Crippen molar-refractivity contribution in [2.24, 2.45) is 0 Å². The molecule has 2 nitrogen and oxygen atoms in total. The molecule has 0 rings (SSSR count). The molecule has 0 spiro atoms. The number of rotatable bonds is 5. The van der Waals surface area contributed by atoms with Gasteiger partial charge in [-0.05, 0) is 18.6 Å². The van der Waals surface area contributed by atoms with Crippen LogP contribution in [-0.2, 0) is 9.47 Å². The van der Waals surface area contributed by atoms with Gasteiger partial charge in [-0.2, -0.15) is 0 Å². The lowest BCUT2D eigenvalue weighted by atomic mass is 10.3. The van der Waals surface area contributed by atoms with Crippen LogP contribution in [0.5, 0.6) is 0 Å². The monoisotopic (exact) mass is 180 g/mol. The van der Waals surface area contributed by atoms with Crippen LogP contribution >= 0.6 is 0 Å². The first kappa shape index (κ1) is 12.0. The Morgan fingerprint density at radius 3 is 2.54 bits per heavy atom. The molecule has 0 aliphatic carbocycles. The molecule has 0 fully saturated rings. The molecule has 0 aromatic rings. The third-order valence-electron chi connectivity index (χ3n) is 1.48. The summed E-state index contributed by atoms with van der Waals surface area (Å²) in [6, 6.07) is 0. The van der Waals surface area contributed by atoms with Gasteiger partial charge >= 0.3 is 0 Å². The van der Waals surface area contributed by atoms with E-state index in [4.69, 9.17) is 9.47 Å². The van der Waals surface area contributed by atoms with Crippen LogP contribution in [0.1, 0.15) is 12.8 Å². The van der Waals surface area contributed by atoms with E-state index in [-0.39, 0.29) is 6.29 Å². The lowest BCUT2D eigenvalue weighted by Crippen LogP contribution is -2.11. The van der Waals surface area contributed by atoms with E-state index in [1.807, 2.05) is 12.2 Å². The molecule has 0 saturated carbocycles. The van der Waals surface area contributed by atoms with Crippen molar-refractivity contribution in [3.05, 3.63) is 24.8 Å². The number of hydrogen-bond donors (Lipinski definition) is 0. The normalized spacial score (nSPS) is 10.1. The van der Waals surface area contributed by atoms with Gasteiger partial charge in [0, 0.05) is 20.6 Å². The molecule has 0 unspecified atom stereocenters. The Morgan fingerprint density at radius 1 is 1.31 bits per heavy atom. The van der Waals surface area contributed by atoms with E-state index in [1.165, 1.54) is 0 Å². The standard InChI is InChI=1S/C11H16O2/c1-4-5-6-7-8-9-10-11(12-2)13-3/h4,7-8,11H,1,9-10H2,2-3H3/b8-7-. The topological polar surface area (TPSA) is 18.5 Å². The summed E-state index contributed by atoms with van der Waals surface area (Å²) in [6.07, 6.45) is 7.00. The Balaban J connectivity index is 3.53. The molecule has 0 radical (unpaired) electrons. The van der Waals surface area contributed by atoms with Crippen LogP contribution in [0.2, 0.25) is 0 Å². The van der Waals surface area contributed by atoms with Gasteiger partial charge in [0.05, 0.1) is 0 Å².